The maximum absolute atomic E-state index is 13.7. The molecule has 0 saturated heterocycles. The molecule has 8 nitrogen and oxygen atoms in total. The van der Waals surface area contributed by atoms with Gasteiger partial charge in [0.2, 0.25) is 0 Å². The number of non-ortho nitro benzene ring substituents is 1. The molecule has 6 rings (SSSR count). The Bertz CT molecular complexity index is 1780. The molecule has 0 radical (unpaired) electrons. The van der Waals surface area contributed by atoms with E-state index in [1.54, 1.807) is 18.9 Å². The third-order valence-electron chi connectivity index (χ3n) is 7.47. The van der Waals surface area contributed by atoms with Crippen LogP contribution in [0.4, 0.5) is 17.1 Å². The molecule has 0 fully saturated rings. The van der Waals surface area contributed by atoms with Gasteiger partial charge in [0, 0.05) is 17.7 Å². The van der Waals surface area contributed by atoms with Gasteiger partial charge in [-0.2, -0.15) is 0 Å². The standard InChI is InChI=1S/C36H29N3O5/c1-35(2,34(40)43-30-24-22-29(23-25-30)39(41)42)44-38-32-21-13-12-20-31(32)33(37-28-18-10-5-11-19-28)36(38,26-14-6-3-7-15-26)27-16-8-4-9-17-27/h3-25H,1-2H3. The van der Waals surface area contributed by atoms with Gasteiger partial charge in [-0.1, -0.05) is 97.1 Å². The summed E-state index contributed by atoms with van der Waals surface area (Å²) < 4.78 is 5.67. The minimum absolute atomic E-state index is 0.102. The van der Waals surface area contributed by atoms with Crippen LogP contribution in [0, 0.1) is 10.1 Å². The number of benzene rings is 5. The third kappa shape index (κ3) is 5.12. The lowest BCUT2D eigenvalue weighted by atomic mass is 9.78. The van der Waals surface area contributed by atoms with E-state index in [0.29, 0.717) is 0 Å². The summed E-state index contributed by atoms with van der Waals surface area (Å²) in [5.41, 5.74) is 2.14. The Hall–Kier alpha value is -5.60. The van der Waals surface area contributed by atoms with Gasteiger partial charge in [0.05, 0.1) is 22.0 Å². The van der Waals surface area contributed by atoms with Crippen LogP contribution in [-0.4, -0.2) is 22.2 Å². The molecule has 0 unspecified atom stereocenters. The van der Waals surface area contributed by atoms with Gasteiger partial charge in [-0.05, 0) is 55.3 Å². The first kappa shape index (κ1) is 28.5. The summed E-state index contributed by atoms with van der Waals surface area (Å²) >= 11 is 0. The van der Waals surface area contributed by atoms with Gasteiger partial charge in [-0.25, -0.2) is 14.9 Å². The molecule has 0 aliphatic carbocycles. The van der Waals surface area contributed by atoms with Crippen molar-refractivity contribution < 1.29 is 19.3 Å². The summed E-state index contributed by atoms with van der Waals surface area (Å²) in [7, 11) is 0. The van der Waals surface area contributed by atoms with E-state index in [-0.39, 0.29) is 11.4 Å². The number of rotatable bonds is 8. The Balaban J connectivity index is 1.52. The molecular weight excluding hydrogens is 554 g/mol. The first-order chi connectivity index (χ1) is 21.3. The summed E-state index contributed by atoms with van der Waals surface area (Å²) in [4.78, 5) is 36.3. The van der Waals surface area contributed by atoms with Crippen LogP contribution in [0.1, 0.15) is 30.5 Å². The number of nitrogens with zero attached hydrogens (tertiary/aromatic N) is 3. The van der Waals surface area contributed by atoms with E-state index in [9.17, 15) is 14.9 Å². The van der Waals surface area contributed by atoms with Gasteiger partial charge in [0.1, 0.15) is 5.75 Å². The number of anilines is 1. The maximum Gasteiger partial charge on any atom is 0.345 e. The molecule has 1 aliphatic rings. The van der Waals surface area contributed by atoms with Gasteiger partial charge >= 0.3 is 5.97 Å². The summed E-state index contributed by atoms with van der Waals surface area (Å²) in [6.45, 7) is 3.27. The van der Waals surface area contributed by atoms with Crippen LogP contribution in [0.25, 0.3) is 0 Å². The molecule has 44 heavy (non-hydrogen) atoms. The molecule has 5 aromatic rings. The van der Waals surface area contributed by atoms with Gasteiger partial charge in [0.25, 0.3) is 5.69 Å². The van der Waals surface area contributed by atoms with Gasteiger partial charge in [-0.3, -0.25) is 15.0 Å². The van der Waals surface area contributed by atoms with E-state index in [1.165, 1.54) is 24.3 Å². The van der Waals surface area contributed by atoms with Crippen molar-refractivity contribution in [3.8, 4) is 5.75 Å². The normalized spacial score (nSPS) is 14.7. The SMILES string of the molecule is CC(C)(ON1c2ccccc2C(=Nc2ccccc2)C1(c1ccccc1)c1ccccc1)C(=O)Oc1ccc([N+](=O)[O-])cc1. The van der Waals surface area contributed by atoms with Crippen LogP contribution in [0.3, 0.4) is 0 Å². The molecule has 0 bridgehead atoms. The first-order valence-electron chi connectivity index (χ1n) is 14.1. The zero-order valence-corrected chi connectivity index (χ0v) is 24.2. The second-order valence-corrected chi connectivity index (χ2v) is 10.8. The second kappa shape index (κ2) is 11.6. The molecule has 0 amide bonds. The van der Waals surface area contributed by atoms with Crippen LogP contribution in [0.5, 0.6) is 5.75 Å². The van der Waals surface area contributed by atoms with E-state index in [1.807, 2.05) is 115 Å². The number of hydrogen-bond donors (Lipinski definition) is 0. The Kier molecular flexibility index (Phi) is 7.51. The Morgan fingerprint density at radius 3 is 1.84 bits per heavy atom. The average Bonchev–Trinajstić information content (AvgIpc) is 3.31. The number of nitro benzene ring substituents is 1. The molecular formula is C36H29N3O5. The number of carbonyl (C=O) groups is 1. The van der Waals surface area contributed by atoms with Crippen molar-refractivity contribution in [2.24, 2.45) is 4.99 Å². The maximum atomic E-state index is 13.7. The number of carbonyl (C=O) groups excluding carboxylic acids is 1. The van der Waals surface area contributed by atoms with Crippen molar-refractivity contribution in [3.63, 3.8) is 0 Å². The van der Waals surface area contributed by atoms with Crippen LogP contribution in [0.15, 0.2) is 145 Å². The van der Waals surface area contributed by atoms with E-state index in [4.69, 9.17) is 14.6 Å². The molecule has 8 heteroatoms. The Morgan fingerprint density at radius 2 is 1.27 bits per heavy atom. The largest absolute Gasteiger partial charge is 0.424 e. The fourth-order valence-corrected chi connectivity index (χ4v) is 5.38. The van der Waals surface area contributed by atoms with Crippen molar-refractivity contribution in [3.05, 3.63) is 166 Å². The van der Waals surface area contributed by atoms with Crippen LogP contribution < -0.4 is 9.80 Å². The number of nitro groups is 1. The van der Waals surface area contributed by atoms with Crippen LogP contribution in [-0.2, 0) is 15.2 Å². The van der Waals surface area contributed by atoms with Crippen molar-refractivity contribution in [1.82, 2.24) is 0 Å². The lowest BCUT2D eigenvalue weighted by Gasteiger charge is -2.43. The monoisotopic (exact) mass is 583 g/mol. The zero-order valence-electron chi connectivity index (χ0n) is 24.2. The summed E-state index contributed by atoms with van der Waals surface area (Å²) in [5, 5.41) is 12.9. The van der Waals surface area contributed by atoms with Gasteiger partial charge in [0.15, 0.2) is 11.1 Å². The van der Waals surface area contributed by atoms with Crippen molar-refractivity contribution in [2.75, 3.05) is 5.06 Å². The zero-order chi connectivity index (χ0) is 30.7. The van der Waals surface area contributed by atoms with Gasteiger partial charge in [-0.15, -0.1) is 0 Å². The highest BCUT2D eigenvalue weighted by Gasteiger charge is 2.55. The topological polar surface area (TPSA) is 94.3 Å². The molecule has 218 valence electrons. The Morgan fingerprint density at radius 1 is 0.750 bits per heavy atom. The van der Waals surface area contributed by atoms with E-state index in [2.05, 4.69) is 0 Å². The second-order valence-electron chi connectivity index (χ2n) is 10.8. The lowest BCUT2D eigenvalue weighted by molar-refractivity contribution is -0.384. The predicted octanol–water partition coefficient (Wildman–Crippen LogP) is 7.80. The smallest absolute Gasteiger partial charge is 0.345 e. The third-order valence-corrected chi connectivity index (χ3v) is 7.47. The first-order valence-corrected chi connectivity index (χ1v) is 14.1. The number of fused-ring (bicyclic) bond motifs is 1. The van der Waals surface area contributed by atoms with Crippen LogP contribution in [0.2, 0.25) is 0 Å². The number of aliphatic imine (C=N–C) groups is 1. The lowest BCUT2D eigenvalue weighted by Crippen LogP contribution is -2.54. The highest BCUT2D eigenvalue weighted by molar-refractivity contribution is 6.20. The molecule has 0 saturated carbocycles. The minimum atomic E-state index is -1.51. The molecule has 0 aromatic heterocycles. The van der Waals surface area contributed by atoms with Crippen LogP contribution >= 0.6 is 0 Å². The highest BCUT2D eigenvalue weighted by Crippen LogP contribution is 2.51. The molecule has 0 N–H and O–H groups in total. The number of esters is 1. The van der Waals surface area contributed by atoms with Crippen molar-refractivity contribution in [2.45, 2.75) is 25.0 Å². The van der Waals surface area contributed by atoms with E-state index < -0.39 is 22.0 Å². The van der Waals surface area contributed by atoms with Crippen molar-refractivity contribution >= 4 is 28.7 Å². The average molecular weight is 584 g/mol. The fourth-order valence-electron chi connectivity index (χ4n) is 5.38. The number of para-hydroxylation sites is 2. The highest BCUT2D eigenvalue weighted by atomic mass is 16.7. The Labute approximate surface area is 254 Å². The van der Waals surface area contributed by atoms with Gasteiger partial charge < -0.3 is 4.74 Å². The minimum Gasteiger partial charge on any atom is -0.424 e. The summed E-state index contributed by atoms with van der Waals surface area (Å²) in [6, 6.07) is 42.8. The molecule has 1 heterocycles. The number of hydrogen-bond acceptors (Lipinski definition) is 7. The summed E-state index contributed by atoms with van der Waals surface area (Å²) in [6.07, 6.45) is 0. The number of hydroxylamine groups is 1. The fraction of sp³-hybridized carbons (Fsp3) is 0.111. The number of ether oxygens (including phenoxy) is 1. The van der Waals surface area contributed by atoms with Crippen molar-refractivity contribution in [1.29, 1.82) is 0 Å². The quantitative estimate of drug-likeness (QED) is 0.0801. The van der Waals surface area contributed by atoms with E-state index in [0.717, 1.165) is 33.8 Å². The predicted molar refractivity (Wildman–Crippen MR) is 169 cm³/mol. The molecule has 0 spiro atoms. The molecule has 0 atom stereocenters. The van der Waals surface area contributed by atoms with E-state index >= 15 is 0 Å². The molecule has 1 aliphatic heterocycles. The summed E-state index contributed by atoms with van der Waals surface area (Å²) in [5.74, 6) is -0.505. The molecule has 5 aromatic carbocycles.